The minimum atomic E-state index is -0.519. The summed E-state index contributed by atoms with van der Waals surface area (Å²) in [4.78, 5) is 11.1. The van der Waals surface area contributed by atoms with Crippen LogP contribution in [0, 0.1) is 0 Å². The summed E-state index contributed by atoms with van der Waals surface area (Å²) < 4.78 is 5.01. The lowest BCUT2D eigenvalue weighted by molar-refractivity contribution is 0.0529. The van der Waals surface area contributed by atoms with Crippen molar-refractivity contribution in [2.45, 2.75) is 52.1 Å². The third-order valence-electron chi connectivity index (χ3n) is 1.64. The molecule has 0 atom stereocenters. The third-order valence-corrected chi connectivity index (χ3v) is 1.64. The number of nitrogens with one attached hydrogen (secondary N) is 1. The van der Waals surface area contributed by atoms with E-state index in [0.717, 1.165) is 25.7 Å². The van der Waals surface area contributed by atoms with Gasteiger partial charge in [-0.15, -0.1) is 6.58 Å². The first-order chi connectivity index (χ1) is 7.45. The minimum absolute atomic E-state index is 0.483. The van der Waals surface area contributed by atoms with E-state index in [-0.39, 0.29) is 0 Å². The van der Waals surface area contributed by atoms with Crippen molar-refractivity contribution in [1.82, 2.24) is 5.43 Å². The van der Waals surface area contributed by atoms with Crippen molar-refractivity contribution in [1.29, 1.82) is 0 Å². The molecule has 0 aliphatic carbocycles. The van der Waals surface area contributed by atoms with E-state index >= 15 is 0 Å². The van der Waals surface area contributed by atoms with E-state index in [1.54, 1.807) is 6.21 Å². The van der Waals surface area contributed by atoms with Crippen LogP contribution in [-0.2, 0) is 4.74 Å². The zero-order chi connectivity index (χ0) is 12.4. The van der Waals surface area contributed by atoms with Gasteiger partial charge in [0.25, 0.3) is 0 Å². The molecule has 1 N–H and O–H groups in total. The number of unbranched alkanes of at least 4 members (excludes halogenated alkanes) is 3. The van der Waals surface area contributed by atoms with Gasteiger partial charge in [-0.3, -0.25) is 0 Å². The monoisotopic (exact) mass is 226 g/mol. The number of hydrogen-bond donors (Lipinski definition) is 1. The van der Waals surface area contributed by atoms with E-state index in [2.05, 4.69) is 17.1 Å². The smallest absolute Gasteiger partial charge is 0.428 e. The Morgan fingerprint density at radius 3 is 2.56 bits per heavy atom. The lowest BCUT2D eigenvalue weighted by atomic mass is 10.2. The van der Waals surface area contributed by atoms with Crippen molar-refractivity contribution in [3.05, 3.63) is 12.7 Å². The molecule has 0 radical (unpaired) electrons. The fourth-order valence-electron chi connectivity index (χ4n) is 0.988. The molecule has 0 unspecified atom stereocenters. The molecule has 92 valence electrons. The second-order valence-corrected chi connectivity index (χ2v) is 4.50. The molecule has 0 fully saturated rings. The molecule has 4 nitrogen and oxygen atoms in total. The Balaban J connectivity index is 3.52. The molecular formula is C12H22N2O2. The van der Waals surface area contributed by atoms with E-state index < -0.39 is 11.7 Å². The normalized spacial score (nSPS) is 11.4. The first-order valence-electron chi connectivity index (χ1n) is 5.57. The minimum Gasteiger partial charge on any atom is -0.443 e. The molecule has 16 heavy (non-hydrogen) atoms. The zero-order valence-corrected chi connectivity index (χ0v) is 10.5. The molecular weight excluding hydrogens is 204 g/mol. The number of carbonyl (C=O) groups excluding carboxylic acids is 1. The molecule has 0 bridgehead atoms. The summed E-state index contributed by atoms with van der Waals surface area (Å²) in [6.45, 7) is 9.08. The standard InChI is InChI=1S/C12H22N2O2/c1-5-6-7-8-9-10-13-14-11(15)16-12(2,3)4/h5,10H,1,6-9H2,2-4H3,(H,14,15)/b13-10-. The topological polar surface area (TPSA) is 50.7 Å². The lowest BCUT2D eigenvalue weighted by Gasteiger charge is -2.18. The van der Waals surface area contributed by atoms with Crippen LogP contribution in [0.2, 0.25) is 0 Å². The largest absolute Gasteiger partial charge is 0.443 e. The van der Waals surface area contributed by atoms with Crippen molar-refractivity contribution < 1.29 is 9.53 Å². The maximum atomic E-state index is 11.1. The van der Waals surface area contributed by atoms with E-state index in [0.29, 0.717) is 0 Å². The molecule has 0 aromatic heterocycles. The summed E-state index contributed by atoms with van der Waals surface area (Å²) in [5.41, 5.74) is 1.84. The Hall–Kier alpha value is -1.32. The first-order valence-corrected chi connectivity index (χ1v) is 5.57. The third kappa shape index (κ3) is 10.8. The summed E-state index contributed by atoms with van der Waals surface area (Å²) in [7, 11) is 0. The summed E-state index contributed by atoms with van der Waals surface area (Å²) in [5.74, 6) is 0. The molecule has 0 aromatic carbocycles. The molecule has 0 heterocycles. The van der Waals surface area contributed by atoms with E-state index in [1.807, 2.05) is 26.8 Å². The van der Waals surface area contributed by atoms with Crippen LogP contribution in [-0.4, -0.2) is 17.9 Å². The van der Waals surface area contributed by atoms with Gasteiger partial charge in [0.1, 0.15) is 5.60 Å². The van der Waals surface area contributed by atoms with Crippen LogP contribution in [0.3, 0.4) is 0 Å². The Morgan fingerprint density at radius 2 is 2.00 bits per heavy atom. The molecule has 0 spiro atoms. The zero-order valence-electron chi connectivity index (χ0n) is 10.5. The summed E-state index contributed by atoms with van der Waals surface area (Å²) >= 11 is 0. The number of hydrazone groups is 1. The number of nitrogens with zero attached hydrogens (tertiary/aromatic N) is 1. The maximum Gasteiger partial charge on any atom is 0.428 e. The van der Waals surface area contributed by atoms with Crippen molar-refractivity contribution in [3.63, 3.8) is 0 Å². The molecule has 0 aliphatic rings. The molecule has 0 aromatic rings. The van der Waals surface area contributed by atoms with E-state index in [9.17, 15) is 4.79 Å². The molecule has 0 saturated carbocycles. The van der Waals surface area contributed by atoms with E-state index in [1.165, 1.54) is 0 Å². The second-order valence-electron chi connectivity index (χ2n) is 4.50. The fourth-order valence-corrected chi connectivity index (χ4v) is 0.988. The molecule has 1 amide bonds. The molecule has 4 heteroatoms. The average Bonchev–Trinajstić information content (AvgIpc) is 2.13. The highest BCUT2D eigenvalue weighted by atomic mass is 16.6. The Morgan fingerprint density at radius 1 is 1.38 bits per heavy atom. The predicted octanol–water partition coefficient (Wildman–Crippen LogP) is 3.24. The van der Waals surface area contributed by atoms with Crippen molar-refractivity contribution in [2.75, 3.05) is 0 Å². The van der Waals surface area contributed by atoms with Crippen molar-refractivity contribution >= 4 is 12.3 Å². The van der Waals surface area contributed by atoms with Gasteiger partial charge < -0.3 is 4.74 Å². The Kier molecular flexibility index (Phi) is 7.25. The van der Waals surface area contributed by atoms with Crippen LogP contribution in [0.1, 0.15) is 46.5 Å². The number of hydrogen-bond acceptors (Lipinski definition) is 3. The van der Waals surface area contributed by atoms with Crippen LogP contribution < -0.4 is 5.43 Å². The van der Waals surface area contributed by atoms with Gasteiger partial charge >= 0.3 is 6.09 Å². The second kappa shape index (κ2) is 7.91. The van der Waals surface area contributed by atoms with Gasteiger partial charge in [0, 0.05) is 6.21 Å². The van der Waals surface area contributed by atoms with Crippen molar-refractivity contribution in [3.8, 4) is 0 Å². The fraction of sp³-hybridized carbons (Fsp3) is 0.667. The van der Waals surface area contributed by atoms with Gasteiger partial charge in [-0.1, -0.05) is 6.08 Å². The van der Waals surface area contributed by atoms with Gasteiger partial charge in [0.05, 0.1) is 0 Å². The summed E-state index contributed by atoms with van der Waals surface area (Å²) in [6, 6.07) is 0. The van der Waals surface area contributed by atoms with Gasteiger partial charge in [0.2, 0.25) is 0 Å². The SMILES string of the molecule is C=CCCCC/C=N\NC(=O)OC(C)(C)C. The van der Waals surface area contributed by atoms with Crippen molar-refractivity contribution in [2.24, 2.45) is 5.10 Å². The van der Waals surface area contributed by atoms with Gasteiger partial charge in [0.15, 0.2) is 0 Å². The summed E-state index contributed by atoms with van der Waals surface area (Å²) in [6.07, 6.45) is 7.09. The number of allylic oxidation sites excluding steroid dienone is 1. The number of carbonyl (C=O) groups is 1. The first kappa shape index (κ1) is 14.7. The average molecular weight is 226 g/mol. The highest BCUT2D eigenvalue weighted by Crippen LogP contribution is 2.06. The van der Waals surface area contributed by atoms with Crippen LogP contribution in [0.25, 0.3) is 0 Å². The van der Waals surface area contributed by atoms with Gasteiger partial charge in [-0.25, -0.2) is 10.2 Å². The number of ether oxygens (including phenoxy) is 1. The maximum absolute atomic E-state index is 11.1. The molecule has 0 rings (SSSR count). The highest BCUT2D eigenvalue weighted by Gasteiger charge is 2.15. The van der Waals surface area contributed by atoms with Crippen LogP contribution in [0.4, 0.5) is 4.79 Å². The lowest BCUT2D eigenvalue weighted by Crippen LogP contribution is -2.29. The Bertz CT molecular complexity index is 242. The van der Waals surface area contributed by atoms with Crippen LogP contribution in [0.15, 0.2) is 17.8 Å². The quantitative estimate of drug-likeness (QED) is 0.327. The van der Waals surface area contributed by atoms with Crippen LogP contribution >= 0.6 is 0 Å². The number of amides is 1. The van der Waals surface area contributed by atoms with Crippen LogP contribution in [0.5, 0.6) is 0 Å². The molecule has 0 aliphatic heterocycles. The highest BCUT2D eigenvalue weighted by molar-refractivity contribution is 5.69. The Labute approximate surface area is 97.8 Å². The predicted molar refractivity (Wildman–Crippen MR) is 66.5 cm³/mol. The summed E-state index contributed by atoms with van der Waals surface area (Å²) in [5, 5.41) is 3.78. The van der Waals surface area contributed by atoms with E-state index in [4.69, 9.17) is 4.74 Å². The van der Waals surface area contributed by atoms with Gasteiger partial charge in [-0.05, 0) is 46.5 Å². The molecule has 0 saturated heterocycles. The number of rotatable bonds is 6. The van der Waals surface area contributed by atoms with Gasteiger partial charge in [-0.2, -0.15) is 5.10 Å².